The van der Waals surface area contributed by atoms with Crippen LogP contribution in [-0.2, 0) is 19.0 Å². The predicted molar refractivity (Wildman–Crippen MR) is 64.3 cm³/mol. The minimum atomic E-state index is -4.83. The third-order valence-electron chi connectivity index (χ3n) is 1.53. The molecule has 0 aromatic rings. The highest BCUT2D eigenvalue weighted by Gasteiger charge is 2.40. The van der Waals surface area contributed by atoms with E-state index in [4.69, 9.17) is 0 Å². The largest absolute Gasteiger partial charge is 0.444 e. The molecule has 0 heterocycles. The number of rotatable bonds is 4. The van der Waals surface area contributed by atoms with Crippen molar-refractivity contribution < 1.29 is 35.3 Å². The van der Waals surface area contributed by atoms with E-state index in [9.17, 15) is 26.4 Å². The van der Waals surface area contributed by atoms with Gasteiger partial charge in [0.25, 0.3) is 0 Å². The third kappa shape index (κ3) is 9.48. The summed E-state index contributed by atoms with van der Waals surface area (Å²) in [5, 5.41) is 1.55. The second kappa shape index (κ2) is 6.33. The van der Waals surface area contributed by atoms with Gasteiger partial charge in [-0.05, 0) is 26.8 Å². The van der Waals surface area contributed by atoms with Gasteiger partial charge in [-0.2, -0.15) is 21.6 Å². The molecule has 0 aliphatic rings. The first-order chi connectivity index (χ1) is 8.71. The van der Waals surface area contributed by atoms with Crippen LogP contribution in [0.3, 0.4) is 0 Å². The van der Waals surface area contributed by atoms with E-state index in [-0.39, 0.29) is 0 Å². The Balaban J connectivity index is 4.80. The molecule has 1 amide bonds. The van der Waals surface area contributed by atoms with Crippen LogP contribution in [0.25, 0.3) is 0 Å². The molecule has 118 valence electrons. The van der Waals surface area contributed by atoms with Gasteiger partial charge >= 0.3 is 22.4 Å². The number of carbonyl (C=O) groups excluding carboxylic acids is 1. The standard InChI is InChI=1S/C10H16F3NO5S/c1-9(2,3)19-8(15)14-7(10(11,12)13)5-6-18-20(4,16)17/h5-7H,1-4H3,(H,14,15)/b6-5+. The third-order valence-corrected chi connectivity index (χ3v) is 1.99. The number of amides is 1. The molecule has 1 atom stereocenters. The summed E-state index contributed by atoms with van der Waals surface area (Å²) < 4.78 is 67.7. The van der Waals surface area contributed by atoms with Crippen molar-refractivity contribution in [3.63, 3.8) is 0 Å². The fourth-order valence-corrected chi connectivity index (χ4v) is 1.15. The van der Waals surface area contributed by atoms with Crippen LogP contribution in [0.15, 0.2) is 12.3 Å². The van der Waals surface area contributed by atoms with Crippen LogP contribution in [0.1, 0.15) is 20.8 Å². The molecule has 20 heavy (non-hydrogen) atoms. The first kappa shape index (κ1) is 18.6. The van der Waals surface area contributed by atoms with E-state index in [2.05, 4.69) is 8.92 Å². The lowest BCUT2D eigenvalue weighted by Gasteiger charge is -2.23. The van der Waals surface area contributed by atoms with Gasteiger partial charge in [0.1, 0.15) is 17.9 Å². The summed E-state index contributed by atoms with van der Waals surface area (Å²) >= 11 is 0. The highest BCUT2D eigenvalue weighted by Crippen LogP contribution is 2.21. The number of hydrogen-bond acceptors (Lipinski definition) is 5. The van der Waals surface area contributed by atoms with Gasteiger partial charge in [-0.3, -0.25) is 0 Å². The van der Waals surface area contributed by atoms with Gasteiger partial charge in [0.05, 0.1) is 6.26 Å². The summed E-state index contributed by atoms with van der Waals surface area (Å²) in [7, 11) is -3.92. The number of hydrogen-bond donors (Lipinski definition) is 1. The highest BCUT2D eigenvalue weighted by atomic mass is 32.2. The van der Waals surface area contributed by atoms with E-state index in [1.54, 1.807) is 5.32 Å². The molecule has 6 nitrogen and oxygen atoms in total. The summed E-state index contributed by atoms with van der Waals surface area (Å²) in [6.45, 7) is 4.45. The van der Waals surface area contributed by atoms with Crippen LogP contribution in [0.4, 0.5) is 18.0 Å². The summed E-state index contributed by atoms with van der Waals surface area (Å²) in [6, 6.07) is -2.43. The van der Waals surface area contributed by atoms with Crippen LogP contribution < -0.4 is 5.32 Å². The summed E-state index contributed by atoms with van der Waals surface area (Å²) in [5.74, 6) is 0. The summed E-state index contributed by atoms with van der Waals surface area (Å²) in [6.07, 6.45) is -4.76. The molecule has 0 aromatic heterocycles. The maximum Gasteiger partial charge on any atom is 0.412 e. The lowest BCUT2D eigenvalue weighted by atomic mass is 10.2. The molecule has 0 fully saturated rings. The zero-order valence-corrected chi connectivity index (χ0v) is 12.1. The van der Waals surface area contributed by atoms with Crippen molar-refractivity contribution in [2.45, 2.75) is 38.6 Å². The average molecular weight is 319 g/mol. The number of nitrogens with one attached hydrogen (secondary N) is 1. The lowest BCUT2D eigenvalue weighted by Crippen LogP contribution is -2.46. The molecule has 0 saturated carbocycles. The van der Waals surface area contributed by atoms with Gasteiger partial charge in [-0.15, -0.1) is 0 Å². The van der Waals surface area contributed by atoms with Crippen LogP contribution in [0.5, 0.6) is 0 Å². The van der Waals surface area contributed by atoms with Crippen molar-refractivity contribution in [1.82, 2.24) is 5.32 Å². The smallest absolute Gasteiger partial charge is 0.412 e. The van der Waals surface area contributed by atoms with Gasteiger partial charge < -0.3 is 14.2 Å². The van der Waals surface area contributed by atoms with Crippen molar-refractivity contribution in [3.8, 4) is 0 Å². The molecule has 0 rings (SSSR count). The maximum absolute atomic E-state index is 12.6. The van der Waals surface area contributed by atoms with Gasteiger partial charge in [0.2, 0.25) is 0 Å². The molecule has 0 saturated heterocycles. The fourth-order valence-electron chi connectivity index (χ4n) is 0.885. The number of carbonyl (C=O) groups is 1. The maximum atomic E-state index is 12.6. The molecule has 0 bridgehead atoms. The minimum Gasteiger partial charge on any atom is -0.444 e. The zero-order chi connectivity index (χ0) is 16.2. The van der Waals surface area contributed by atoms with Crippen LogP contribution >= 0.6 is 0 Å². The van der Waals surface area contributed by atoms with Crippen LogP contribution in [0.2, 0.25) is 0 Å². The molecule has 0 aromatic carbocycles. The first-order valence-electron chi connectivity index (χ1n) is 5.32. The molecule has 1 N–H and O–H groups in total. The number of halogens is 3. The Labute approximate surface area is 115 Å². The van der Waals surface area contributed by atoms with Crippen molar-refractivity contribution >= 4 is 16.2 Å². The Morgan fingerprint density at radius 3 is 2.10 bits per heavy atom. The molecule has 0 aliphatic heterocycles. The lowest BCUT2D eigenvalue weighted by molar-refractivity contribution is -0.144. The summed E-state index contributed by atoms with van der Waals surface area (Å²) in [4.78, 5) is 11.2. The first-order valence-corrected chi connectivity index (χ1v) is 7.13. The Morgan fingerprint density at radius 2 is 1.75 bits per heavy atom. The minimum absolute atomic E-state index is 0.338. The van der Waals surface area contributed by atoms with E-state index in [0.29, 0.717) is 18.6 Å². The Morgan fingerprint density at radius 1 is 1.25 bits per heavy atom. The zero-order valence-electron chi connectivity index (χ0n) is 11.3. The van der Waals surface area contributed by atoms with Crippen LogP contribution in [0, 0.1) is 0 Å². The Hall–Kier alpha value is -1.45. The molecular weight excluding hydrogens is 303 g/mol. The van der Waals surface area contributed by atoms with Crippen molar-refractivity contribution in [1.29, 1.82) is 0 Å². The van der Waals surface area contributed by atoms with Crippen LogP contribution in [-0.4, -0.2) is 38.6 Å². The van der Waals surface area contributed by atoms with Gasteiger partial charge in [-0.1, -0.05) is 0 Å². The topological polar surface area (TPSA) is 81.7 Å². The molecule has 1 unspecified atom stereocenters. The van der Waals surface area contributed by atoms with Crippen molar-refractivity contribution in [2.24, 2.45) is 0 Å². The number of ether oxygens (including phenoxy) is 1. The number of alkyl halides is 3. The van der Waals surface area contributed by atoms with E-state index in [0.717, 1.165) is 0 Å². The van der Waals surface area contributed by atoms with E-state index in [1.165, 1.54) is 20.8 Å². The molecule has 0 spiro atoms. The summed E-state index contributed by atoms with van der Waals surface area (Å²) in [5.41, 5.74) is -0.965. The average Bonchev–Trinajstić information content (AvgIpc) is 2.09. The Bertz CT molecular complexity index is 464. The predicted octanol–water partition coefficient (Wildman–Crippen LogP) is 1.93. The molecule has 0 radical (unpaired) electrons. The fraction of sp³-hybridized carbons (Fsp3) is 0.700. The van der Waals surface area contributed by atoms with Gasteiger partial charge in [0.15, 0.2) is 0 Å². The SMILES string of the molecule is CC(C)(C)OC(=O)NC(/C=C/OS(C)(=O)=O)C(F)(F)F. The molecule has 0 aliphatic carbocycles. The van der Waals surface area contributed by atoms with Gasteiger partial charge in [-0.25, -0.2) is 4.79 Å². The van der Waals surface area contributed by atoms with E-state index in [1.807, 2.05) is 0 Å². The number of alkyl carbamates (subject to hydrolysis) is 1. The molecule has 10 heteroatoms. The monoisotopic (exact) mass is 319 g/mol. The Kier molecular flexibility index (Phi) is 5.87. The second-order valence-electron chi connectivity index (χ2n) is 4.79. The van der Waals surface area contributed by atoms with Gasteiger partial charge in [0, 0.05) is 0 Å². The van der Waals surface area contributed by atoms with Crippen molar-refractivity contribution in [3.05, 3.63) is 12.3 Å². The van der Waals surface area contributed by atoms with E-state index >= 15 is 0 Å². The van der Waals surface area contributed by atoms with Crippen molar-refractivity contribution in [2.75, 3.05) is 6.26 Å². The quantitative estimate of drug-likeness (QED) is 0.632. The second-order valence-corrected chi connectivity index (χ2v) is 6.40. The van der Waals surface area contributed by atoms with E-state index < -0.39 is 34.0 Å². The normalized spacial score (nSPS) is 14.9. The highest BCUT2D eigenvalue weighted by molar-refractivity contribution is 7.86. The molecular formula is C10H16F3NO5S.